The first-order valence-electron chi connectivity index (χ1n) is 14.2. The summed E-state index contributed by atoms with van der Waals surface area (Å²) in [4.78, 5) is 4.76. The molecule has 4 aromatic carbocycles. The van der Waals surface area contributed by atoms with E-state index >= 15 is 4.39 Å². The fraction of sp³-hybridized carbons (Fsp3) is 0.270. The number of pyridine rings is 1. The minimum atomic E-state index is -0.323. The van der Waals surface area contributed by atoms with Crippen LogP contribution in [0.4, 0.5) is 4.39 Å². The van der Waals surface area contributed by atoms with E-state index < -0.39 is 0 Å². The van der Waals surface area contributed by atoms with Crippen LogP contribution in [0.2, 0.25) is 0 Å². The summed E-state index contributed by atoms with van der Waals surface area (Å²) in [5.74, 6) is 0.245. The lowest BCUT2D eigenvalue weighted by atomic mass is 9.82. The smallest absolute Gasteiger partial charge is 0.174 e. The highest BCUT2D eigenvalue weighted by atomic mass is 19.1. The predicted octanol–water partition coefficient (Wildman–Crippen LogP) is 10.7. The number of nitrogens with zero attached hydrogens (tertiary/aromatic N) is 1. The summed E-state index contributed by atoms with van der Waals surface area (Å²) < 4.78 is 22.7. The predicted molar refractivity (Wildman–Crippen MR) is 167 cm³/mol. The van der Waals surface area contributed by atoms with Crippen molar-refractivity contribution in [1.29, 1.82) is 0 Å². The maximum absolute atomic E-state index is 16.3. The second kappa shape index (κ2) is 9.59. The van der Waals surface area contributed by atoms with Crippen LogP contribution in [0.15, 0.2) is 77.3 Å². The maximum atomic E-state index is 16.3. The minimum absolute atomic E-state index is 0.0567. The molecular weight excluding hydrogens is 493 g/mol. The molecule has 40 heavy (non-hydrogen) atoms. The lowest BCUT2D eigenvalue weighted by Gasteiger charge is -2.22. The highest BCUT2D eigenvalue weighted by Crippen LogP contribution is 2.41. The molecule has 0 radical (unpaired) electrons. The summed E-state index contributed by atoms with van der Waals surface area (Å²) in [5, 5.41) is 4.02. The Labute approximate surface area is 235 Å². The summed E-state index contributed by atoms with van der Waals surface area (Å²) >= 11 is 0. The quantitative estimate of drug-likeness (QED) is 0.227. The van der Waals surface area contributed by atoms with E-state index in [1.807, 2.05) is 18.2 Å². The van der Waals surface area contributed by atoms with Crippen molar-refractivity contribution in [2.24, 2.45) is 5.92 Å². The first kappa shape index (κ1) is 26.3. The normalized spacial score (nSPS) is 12.3. The molecule has 2 aromatic heterocycles. The van der Waals surface area contributed by atoms with Gasteiger partial charge in [-0.25, -0.2) is 4.39 Å². The van der Waals surface area contributed by atoms with Gasteiger partial charge in [-0.1, -0.05) is 77.1 Å². The van der Waals surface area contributed by atoms with E-state index in [1.165, 1.54) is 16.5 Å². The van der Waals surface area contributed by atoms with E-state index in [9.17, 15) is 0 Å². The number of aryl methyl sites for hydroxylation is 2. The number of furan rings is 1. The van der Waals surface area contributed by atoms with Gasteiger partial charge in [-0.2, -0.15) is 0 Å². The van der Waals surface area contributed by atoms with Crippen molar-refractivity contribution >= 4 is 32.7 Å². The van der Waals surface area contributed by atoms with Crippen LogP contribution in [0.25, 0.3) is 55.1 Å². The molecule has 6 rings (SSSR count). The van der Waals surface area contributed by atoms with Gasteiger partial charge >= 0.3 is 0 Å². The molecule has 202 valence electrons. The van der Waals surface area contributed by atoms with Crippen LogP contribution in [-0.4, -0.2) is 4.98 Å². The molecule has 0 N–H and O–H groups in total. The van der Waals surface area contributed by atoms with Gasteiger partial charge in [0, 0.05) is 28.1 Å². The second-order valence-electron chi connectivity index (χ2n) is 12.6. The van der Waals surface area contributed by atoms with Gasteiger partial charge < -0.3 is 4.42 Å². The number of halogens is 1. The number of aromatic nitrogens is 1. The SMILES string of the molecule is Cc1cc(CC(C)C)cc(C)c1-c1ccc2c(oc3c(-c4cc(C(C)(C)C)c5ccccc5c4)nccc32)c1F. The first-order valence-corrected chi connectivity index (χ1v) is 14.2. The Balaban J connectivity index is 1.56. The van der Waals surface area contributed by atoms with Gasteiger partial charge in [0.25, 0.3) is 0 Å². The zero-order chi connectivity index (χ0) is 28.3. The third-order valence-corrected chi connectivity index (χ3v) is 7.94. The summed E-state index contributed by atoms with van der Waals surface area (Å²) in [6.45, 7) is 15.3. The highest BCUT2D eigenvalue weighted by molar-refractivity contribution is 6.10. The molecule has 0 bridgehead atoms. The van der Waals surface area contributed by atoms with Gasteiger partial charge in [-0.05, 0) is 94.5 Å². The Morgan fingerprint density at radius 3 is 2.23 bits per heavy atom. The number of hydrogen-bond acceptors (Lipinski definition) is 2. The average molecular weight is 530 g/mol. The molecule has 0 aliphatic heterocycles. The molecule has 3 heteroatoms. The van der Waals surface area contributed by atoms with E-state index in [1.54, 1.807) is 6.20 Å². The average Bonchev–Trinajstić information content (AvgIpc) is 3.28. The Kier molecular flexibility index (Phi) is 6.29. The van der Waals surface area contributed by atoms with Crippen LogP contribution >= 0.6 is 0 Å². The monoisotopic (exact) mass is 529 g/mol. The molecule has 2 nitrogen and oxygen atoms in total. The van der Waals surface area contributed by atoms with Gasteiger partial charge in [0.05, 0.1) is 0 Å². The number of fused-ring (bicyclic) bond motifs is 4. The van der Waals surface area contributed by atoms with Gasteiger partial charge in [-0.3, -0.25) is 4.98 Å². The van der Waals surface area contributed by atoms with E-state index in [0.717, 1.165) is 50.5 Å². The zero-order valence-corrected chi connectivity index (χ0v) is 24.4. The molecule has 0 spiro atoms. The lowest BCUT2D eigenvalue weighted by Crippen LogP contribution is -2.12. The molecule has 6 aromatic rings. The Morgan fingerprint density at radius 1 is 0.825 bits per heavy atom. The summed E-state index contributed by atoms with van der Waals surface area (Å²) in [6, 6.07) is 23.0. The summed E-state index contributed by atoms with van der Waals surface area (Å²) in [7, 11) is 0. The fourth-order valence-corrected chi connectivity index (χ4v) is 6.27. The Bertz CT molecular complexity index is 1900. The fourth-order valence-electron chi connectivity index (χ4n) is 6.27. The number of hydrogen-bond donors (Lipinski definition) is 0. The van der Waals surface area contributed by atoms with E-state index in [2.05, 4.69) is 97.0 Å². The van der Waals surface area contributed by atoms with E-state index in [0.29, 0.717) is 17.1 Å². The molecule has 2 heterocycles. The summed E-state index contributed by atoms with van der Waals surface area (Å²) in [5.41, 5.74) is 8.76. The van der Waals surface area contributed by atoms with Crippen LogP contribution in [0.3, 0.4) is 0 Å². The first-order chi connectivity index (χ1) is 19.0. The van der Waals surface area contributed by atoms with Crippen molar-refractivity contribution in [3.63, 3.8) is 0 Å². The molecule has 0 fully saturated rings. The van der Waals surface area contributed by atoms with Gasteiger partial charge in [0.15, 0.2) is 17.0 Å². The minimum Gasteiger partial charge on any atom is -0.451 e. The molecule has 0 unspecified atom stereocenters. The number of benzene rings is 4. The topological polar surface area (TPSA) is 26.0 Å². The Morgan fingerprint density at radius 2 is 1.52 bits per heavy atom. The van der Waals surface area contributed by atoms with Crippen molar-refractivity contribution in [3.8, 4) is 22.4 Å². The maximum Gasteiger partial charge on any atom is 0.174 e. The lowest BCUT2D eigenvalue weighted by molar-refractivity contribution is 0.586. The highest BCUT2D eigenvalue weighted by Gasteiger charge is 2.23. The zero-order valence-electron chi connectivity index (χ0n) is 24.4. The molecule has 0 amide bonds. The standard InChI is InChI=1S/C37H36FNO/c1-21(2)16-24-17-22(3)32(23(4)18-24)30-13-12-28-29-14-15-39-34(36(29)40-35(28)33(30)38)26-19-25-10-8-9-11-27(25)31(20-26)37(5,6)7/h8-15,17-21H,16H2,1-7H3. The summed E-state index contributed by atoms with van der Waals surface area (Å²) in [6.07, 6.45) is 2.81. The van der Waals surface area contributed by atoms with Crippen LogP contribution in [0, 0.1) is 25.6 Å². The van der Waals surface area contributed by atoms with Crippen molar-refractivity contribution in [3.05, 3.63) is 101 Å². The van der Waals surface area contributed by atoms with Crippen LogP contribution < -0.4 is 0 Å². The molecule has 0 aliphatic rings. The van der Waals surface area contributed by atoms with Crippen LogP contribution in [-0.2, 0) is 11.8 Å². The molecule has 0 aliphatic carbocycles. The second-order valence-corrected chi connectivity index (χ2v) is 12.6. The van der Waals surface area contributed by atoms with Gasteiger partial charge in [-0.15, -0.1) is 0 Å². The van der Waals surface area contributed by atoms with Crippen molar-refractivity contribution in [2.75, 3.05) is 0 Å². The molecule has 0 saturated carbocycles. The van der Waals surface area contributed by atoms with Gasteiger partial charge in [0.2, 0.25) is 0 Å². The third kappa shape index (κ3) is 4.38. The molecule has 0 atom stereocenters. The molecular formula is C37H36FNO. The largest absolute Gasteiger partial charge is 0.451 e. The van der Waals surface area contributed by atoms with E-state index in [4.69, 9.17) is 9.40 Å². The van der Waals surface area contributed by atoms with Crippen molar-refractivity contribution in [2.45, 2.75) is 60.3 Å². The van der Waals surface area contributed by atoms with Crippen molar-refractivity contribution < 1.29 is 8.81 Å². The third-order valence-electron chi connectivity index (χ3n) is 7.94. The molecule has 0 saturated heterocycles. The van der Waals surface area contributed by atoms with Crippen LogP contribution in [0.1, 0.15) is 56.9 Å². The van der Waals surface area contributed by atoms with Crippen LogP contribution in [0.5, 0.6) is 0 Å². The number of rotatable bonds is 4. The van der Waals surface area contributed by atoms with E-state index in [-0.39, 0.29) is 16.8 Å². The van der Waals surface area contributed by atoms with Crippen molar-refractivity contribution in [1.82, 2.24) is 4.98 Å². The Hall–Kier alpha value is -3.98. The van der Waals surface area contributed by atoms with Gasteiger partial charge in [0.1, 0.15) is 5.69 Å².